The predicted octanol–water partition coefficient (Wildman–Crippen LogP) is -1.32. The fourth-order valence-electron chi connectivity index (χ4n) is 1.29. The Hall–Kier alpha value is -1.97. The van der Waals surface area contributed by atoms with E-state index < -0.39 is 35.8 Å². The molecule has 0 aromatic carbocycles. The van der Waals surface area contributed by atoms with Gasteiger partial charge in [-0.1, -0.05) is 6.92 Å². The summed E-state index contributed by atoms with van der Waals surface area (Å²) in [6, 6.07) is -1.57. The van der Waals surface area contributed by atoms with Crippen LogP contribution in [-0.4, -0.2) is 63.0 Å². The van der Waals surface area contributed by atoms with Crippen molar-refractivity contribution in [2.75, 3.05) is 33.1 Å². The van der Waals surface area contributed by atoms with E-state index in [-0.39, 0.29) is 18.8 Å². The topological polar surface area (TPSA) is 123 Å². The van der Waals surface area contributed by atoms with Crippen molar-refractivity contribution in [1.82, 2.24) is 16.0 Å². The lowest BCUT2D eigenvalue weighted by molar-refractivity contribution is -0.144. The van der Waals surface area contributed by atoms with Gasteiger partial charge in [0, 0.05) is 12.3 Å². The zero-order valence-corrected chi connectivity index (χ0v) is 13.6. The van der Waals surface area contributed by atoms with E-state index in [1.165, 1.54) is 14.2 Å². The van der Waals surface area contributed by atoms with Crippen LogP contribution in [0.3, 0.4) is 0 Å². The highest BCUT2D eigenvalue weighted by Gasteiger charge is 2.21. The molecule has 0 aliphatic heterocycles. The van der Waals surface area contributed by atoms with Crippen LogP contribution in [0.5, 0.6) is 0 Å². The molecule has 0 radical (unpaired) electrons. The number of ether oxygens (including phenoxy) is 2. The summed E-state index contributed by atoms with van der Waals surface area (Å²) < 4.78 is 8.90. The van der Waals surface area contributed by atoms with Crippen molar-refractivity contribution in [2.45, 2.75) is 13.0 Å². The van der Waals surface area contributed by atoms with Gasteiger partial charge >= 0.3 is 18.0 Å². The molecule has 0 aromatic rings. The van der Waals surface area contributed by atoms with Gasteiger partial charge in [-0.25, -0.2) is 4.79 Å². The fourth-order valence-corrected chi connectivity index (χ4v) is 1.55. The van der Waals surface area contributed by atoms with Gasteiger partial charge < -0.3 is 25.4 Å². The van der Waals surface area contributed by atoms with Gasteiger partial charge in [-0.05, 0) is 0 Å². The van der Waals surface area contributed by atoms with E-state index in [1.54, 1.807) is 6.92 Å². The quantitative estimate of drug-likeness (QED) is 0.322. The number of amides is 3. The van der Waals surface area contributed by atoms with Crippen molar-refractivity contribution in [3.8, 4) is 0 Å². The number of rotatable bonds is 8. The van der Waals surface area contributed by atoms with Crippen molar-refractivity contribution in [3.63, 3.8) is 0 Å². The molecule has 126 valence electrons. The van der Waals surface area contributed by atoms with Gasteiger partial charge in [0.05, 0.1) is 20.1 Å². The second kappa shape index (κ2) is 10.7. The number of thiol groups is 1. The predicted molar refractivity (Wildman–Crippen MR) is 80.4 cm³/mol. The molecule has 0 bridgehead atoms. The molecule has 0 fully saturated rings. The minimum Gasteiger partial charge on any atom is -0.469 e. The van der Waals surface area contributed by atoms with Crippen LogP contribution in [-0.2, 0) is 23.9 Å². The Morgan fingerprint density at radius 2 is 1.73 bits per heavy atom. The van der Waals surface area contributed by atoms with Gasteiger partial charge in [-0.15, -0.1) is 0 Å². The van der Waals surface area contributed by atoms with Gasteiger partial charge in [0.25, 0.3) is 0 Å². The third-order valence-electron chi connectivity index (χ3n) is 2.61. The van der Waals surface area contributed by atoms with Gasteiger partial charge in [0.2, 0.25) is 5.91 Å². The molecule has 2 atom stereocenters. The average molecular weight is 335 g/mol. The molecule has 9 nitrogen and oxygen atoms in total. The summed E-state index contributed by atoms with van der Waals surface area (Å²) in [6.45, 7) is 1.34. The van der Waals surface area contributed by atoms with E-state index in [9.17, 15) is 19.2 Å². The zero-order chi connectivity index (χ0) is 17.1. The molecule has 10 heteroatoms. The van der Waals surface area contributed by atoms with Crippen LogP contribution in [0.1, 0.15) is 6.92 Å². The van der Waals surface area contributed by atoms with Crippen molar-refractivity contribution in [3.05, 3.63) is 0 Å². The number of nitrogens with one attached hydrogen (secondary N) is 3. The molecule has 0 aliphatic rings. The normalized spacial score (nSPS) is 12.5. The van der Waals surface area contributed by atoms with Crippen molar-refractivity contribution in [1.29, 1.82) is 0 Å². The third kappa shape index (κ3) is 7.72. The zero-order valence-electron chi connectivity index (χ0n) is 12.7. The lowest BCUT2D eigenvalue weighted by Gasteiger charge is -2.17. The summed E-state index contributed by atoms with van der Waals surface area (Å²) in [5.74, 6) is -2.12. The fraction of sp³-hybridized carbons (Fsp3) is 0.667. The Kier molecular flexibility index (Phi) is 9.75. The van der Waals surface area contributed by atoms with Crippen LogP contribution in [0.2, 0.25) is 0 Å². The van der Waals surface area contributed by atoms with Crippen LogP contribution in [0, 0.1) is 5.92 Å². The van der Waals surface area contributed by atoms with Gasteiger partial charge in [0.15, 0.2) is 0 Å². The maximum Gasteiger partial charge on any atom is 0.325 e. The lowest BCUT2D eigenvalue weighted by Crippen LogP contribution is -2.52. The lowest BCUT2D eigenvalue weighted by atomic mass is 10.2. The van der Waals surface area contributed by atoms with E-state index in [2.05, 4.69) is 38.1 Å². The highest BCUT2D eigenvalue weighted by atomic mass is 32.1. The molecule has 3 N–H and O–H groups in total. The molecule has 0 heterocycles. The van der Waals surface area contributed by atoms with Gasteiger partial charge in [0.1, 0.15) is 12.6 Å². The molecule has 0 saturated carbocycles. The third-order valence-corrected chi connectivity index (χ3v) is 2.98. The van der Waals surface area contributed by atoms with E-state index in [4.69, 9.17) is 0 Å². The molecule has 0 aliphatic carbocycles. The average Bonchev–Trinajstić information content (AvgIpc) is 2.53. The van der Waals surface area contributed by atoms with Gasteiger partial charge in [-0.3, -0.25) is 14.4 Å². The SMILES string of the molecule is COC(=O)CNC(=O)[C@H](CS)NC(=O)NC[C@H](C)C(=O)OC. The van der Waals surface area contributed by atoms with Crippen LogP contribution >= 0.6 is 12.6 Å². The van der Waals surface area contributed by atoms with Crippen LogP contribution in [0.15, 0.2) is 0 Å². The number of carbonyl (C=O) groups is 4. The highest BCUT2D eigenvalue weighted by molar-refractivity contribution is 7.80. The molecule has 0 spiro atoms. The molecular weight excluding hydrogens is 314 g/mol. The summed E-state index contributed by atoms with van der Waals surface area (Å²) in [5, 5.41) is 7.12. The first kappa shape index (κ1) is 20.0. The summed E-state index contributed by atoms with van der Waals surface area (Å²) >= 11 is 3.96. The Morgan fingerprint density at radius 1 is 1.09 bits per heavy atom. The van der Waals surface area contributed by atoms with Crippen LogP contribution < -0.4 is 16.0 Å². The second-order valence-electron chi connectivity index (χ2n) is 4.31. The first-order chi connectivity index (χ1) is 10.3. The Labute approximate surface area is 133 Å². The first-order valence-corrected chi connectivity index (χ1v) is 7.06. The maximum atomic E-state index is 11.7. The minimum absolute atomic E-state index is 0.0347. The molecule has 0 rings (SSSR count). The van der Waals surface area contributed by atoms with E-state index in [0.717, 1.165) is 0 Å². The van der Waals surface area contributed by atoms with Crippen molar-refractivity contribution in [2.24, 2.45) is 5.92 Å². The summed E-state index contributed by atoms with van der Waals surface area (Å²) in [4.78, 5) is 45.5. The van der Waals surface area contributed by atoms with Crippen LogP contribution in [0.25, 0.3) is 0 Å². The number of hydrogen-bond donors (Lipinski definition) is 4. The Morgan fingerprint density at radius 3 is 2.23 bits per heavy atom. The Balaban J connectivity index is 4.25. The summed E-state index contributed by atoms with van der Waals surface area (Å²) in [7, 11) is 2.44. The summed E-state index contributed by atoms with van der Waals surface area (Å²) in [6.07, 6.45) is 0. The molecule has 0 aromatic heterocycles. The largest absolute Gasteiger partial charge is 0.469 e. The Bertz CT molecular complexity index is 418. The second-order valence-corrected chi connectivity index (χ2v) is 4.67. The monoisotopic (exact) mass is 335 g/mol. The molecule has 3 amide bonds. The number of urea groups is 1. The van der Waals surface area contributed by atoms with Crippen LogP contribution in [0.4, 0.5) is 4.79 Å². The smallest absolute Gasteiger partial charge is 0.325 e. The van der Waals surface area contributed by atoms with Gasteiger partial charge in [-0.2, -0.15) is 12.6 Å². The van der Waals surface area contributed by atoms with Crippen molar-refractivity contribution < 1.29 is 28.7 Å². The molecular formula is C12H21N3O6S. The minimum atomic E-state index is -0.929. The number of hydrogen-bond acceptors (Lipinski definition) is 7. The number of carbonyl (C=O) groups excluding carboxylic acids is 4. The molecule has 0 saturated heterocycles. The van der Waals surface area contributed by atoms with E-state index in [0.29, 0.717) is 0 Å². The van der Waals surface area contributed by atoms with E-state index in [1.807, 2.05) is 0 Å². The van der Waals surface area contributed by atoms with Crippen molar-refractivity contribution >= 4 is 36.5 Å². The standard InChI is InChI=1S/C12H21N3O6S/c1-7(11(18)21-3)4-14-12(19)15-8(6-22)10(17)13-5-9(16)20-2/h7-8,22H,4-6H2,1-3H3,(H,13,17)(H2,14,15,19)/t7-,8-/m0/s1. The number of esters is 2. The van der Waals surface area contributed by atoms with E-state index >= 15 is 0 Å². The highest BCUT2D eigenvalue weighted by Crippen LogP contribution is 1.95. The molecule has 0 unspecified atom stereocenters. The summed E-state index contributed by atoms with van der Waals surface area (Å²) in [5.41, 5.74) is 0. The molecule has 22 heavy (non-hydrogen) atoms. The number of methoxy groups -OCH3 is 2. The maximum absolute atomic E-state index is 11.7. The first-order valence-electron chi connectivity index (χ1n) is 6.43.